The molecule has 0 aliphatic carbocycles. The molecule has 0 bridgehead atoms. The SMILES string of the molecule is C=CC(N)CSOSCC(N)C=C. The Hall–Kier alpha value is 0.0600. The molecule has 2 unspecified atom stereocenters. The van der Waals surface area contributed by atoms with Crippen molar-refractivity contribution >= 4 is 24.1 Å². The van der Waals surface area contributed by atoms with E-state index in [4.69, 9.17) is 15.1 Å². The largest absolute Gasteiger partial charge is 0.324 e. The lowest BCUT2D eigenvalue weighted by Crippen LogP contribution is -2.20. The van der Waals surface area contributed by atoms with Gasteiger partial charge in [-0.2, -0.15) is 0 Å². The van der Waals surface area contributed by atoms with Gasteiger partial charge in [-0.05, 0) is 0 Å². The molecule has 0 aliphatic heterocycles. The molecule has 0 saturated carbocycles. The summed E-state index contributed by atoms with van der Waals surface area (Å²) >= 11 is 2.63. The Bertz CT molecular complexity index is 139. The van der Waals surface area contributed by atoms with Crippen molar-refractivity contribution in [1.29, 1.82) is 0 Å². The summed E-state index contributed by atoms with van der Waals surface area (Å²) in [5.74, 6) is 1.42. The van der Waals surface area contributed by atoms with Gasteiger partial charge < -0.3 is 11.5 Å². The maximum atomic E-state index is 5.57. The fourth-order valence-electron chi connectivity index (χ4n) is 0.383. The molecule has 0 aliphatic rings. The molecular formula is C8H16N2OS2. The van der Waals surface area contributed by atoms with Crippen LogP contribution in [-0.2, 0) is 3.63 Å². The van der Waals surface area contributed by atoms with Gasteiger partial charge in [-0.1, -0.05) is 12.2 Å². The van der Waals surface area contributed by atoms with E-state index >= 15 is 0 Å². The van der Waals surface area contributed by atoms with Crippen molar-refractivity contribution in [2.24, 2.45) is 11.5 Å². The first-order valence-electron chi connectivity index (χ1n) is 3.88. The van der Waals surface area contributed by atoms with Gasteiger partial charge in [-0.25, -0.2) is 3.63 Å². The molecule has 0 spiro atoms. The Kier molecular flexibility index (Phi) is 8.69. The van der Waals surface area contributed by atoms with Crippen LogP contribution in [0.5, 0.6) is 0 Å². The van der Waals surface area contributed by atoms with Gasteiger partial charge in [-0.3, -0.25) is 0 Å². The third-order valence-corrected chi connectivity index (χ3v) is 3.03. The van der Waals surface area contributed by atoms with E-state index in [1.165, 1.54) is 24.1 Å². The second-order valence-electron chi connectivity index (χ2n) is 2.44. The molecule has 0 aromatic heterocycles. The van der Waals surface area contributed by atoms with E-state index in [2.05, 4.69) is 13.2 Å². The number of nitrogens with two attached hydrogens (primary N) is 2. The molecule has 0 aromatic rings. The lowest BCUT2D eigenvalue weighted by molar-refractivity contribution is 0.741. The van der Waals surface area contributed by atoms with Gasteiger partial charge in [0.1, 0.15) is 0 Å². The fourth-order valence-corrected chi connectivity index (χ4v) is 1.69. The minimum absolute atomic E-state index is 0.0151. The van der Waals surface area contributed by atoms with Gasteiger partial charge in [-0.15, -0.1) is 13.2 Å². The summed E-state index contributed by atoms with van der Waals surface area (Å²) in [4.78, 5) is 0. The topological polar surface area (TPSA) is 61.3 Å². The van der Waals surface area contributed by atoms with Crippen LogP contribution in [-0.4, -0.2) is 23.6 Å². The average molecular weight is 220 g/mol. The monoisotopic (exact) mass is 220 g/mol. The van der Waals surface area contributed by atoms with Crippen LogP contribution in [0.4, 0.5) is 0 Å². The number of hydrogen-bond acceptors (Lipinski definition) is 5. The molecule has 0 heterocycles. The van der Waals surface area contributed by atoms with Crippen molar-refractivity contribution in [1.82, 2.24) is 0 Å². The summed E-state index contributed by atoms with van der Waals surface area (Å²) in [6.07, 6.45) is 3.38. The zero-order valence-corrected chi connectivity index (χ0v) is 9.15. The quantitative estimate of drug-likeness (QED) is 0.367. The standard InChI is InChI=1S/C8H16N2OS2/c1-3-7(9)5-12-11-13-6-8(10)4-2/h3-4,7-8H,1-2,5-6,9-10H2. The summed E-state index contributed by atoms with van der Waals surface area (Å²) in [5, 5.41) is 0. The molecule has 4 N–H and O–H groups in total. The highest BCUT2D eigenvalue weighted by atomic mass is 32.2. The van der Waals surface area contributed by atoms with Crippen molar-refractivity contribution in [2.75, 3.05) is 11.5 Å². The first kappa shape index (κ1) is 13.1. The van der Waals surface area contributed by atoms with Crippen LogP contribution in [0.15, 0.2) is 25.3 Å². The zero-order chi connectivity index (χ0) is 10.1. The molecule has 0 amide bonds. The first-order valence-corrected chi connectivity index (χ1v) is 5.70. The van der Waals surface area contributed by atoms with E-state index in [0.29, 0.717) is 11.5 Å². The predicted octanol–water partition coefficient (Wildman–Crippen LogP) is 1.33. The van der Waals surface area contributed by atoms with Crippen LogP contribution in [0.2, 0.25) is 0 Å². The average Bonchev–Trinajstić information content (AvgIpc) is 2.16. The zero-order valence-electron chi connectivity index (χ0n) is 7.52. The maximum Gasteiger partial charge on any atom is 0.0398 e. The van der Waals surface area contributed by atoms with Gasteiger partial charge in [0.2, 0.25) is 0 Å². The van der Waals surface area contributed by atoms with Crippen LogP contribution in [0.25, 0.3) is 0 Å². The smallest absolute Gasteiger partial charge is 0.0398 e. The van der Waals surface area contributed by atoms with E-state index in [1.54, 1.807) is 12.2 Å². The third-order valence-electron chi connectivity index (χ3n) is 1.22. The third kappa shape index (κ3) is 8.39. The van der Waals surface area contributed by atoms with Crippen molar-refractivity contribution in [3.05, 3.63) is 25.3 Å². The summed E-state index contributed by atoms with van der Waals surface area (Å²) < 4.78 is 5.16. The van der Waals surface area contributed by atoms with E-state index in [-0.39, 0.29) is 12.1 Å². The molecule has 0 radical (unpaired) electrons. The van der Waals surface area contributed by atoms with E-state index in [1.807, 2.05) is 0 Å². The molecular weight excluding hydrogens is 204 g/mol. The Morgan fingerprint density at radius 1 is 1.08 bits per heavy atom. The van der Waals surface area contributed by atoms with Crippen LogP contribution in [0, 0.1) is 0 Å². The van der Waals surface area contributed by atoms with Crippen LogP contribution >= 0.6 is 24.1 Å². The molecule has 13 heavy (non-hydrogen) atoms. The normalized spacial score (nSPS) is 14.9. The maximum absolute atomic E-state index is 5.57. The summed E-state index contributed by atoms with van der Waals surface area (Å²) in [6.45, 7) is 7.13. The van der Waals surface area contributed by atoms with Crippen molar-refractivity contribution < 1.29 is 3.63 Å². The highest BCUT2D eigenvalue weighted by Crippen LogP contribution is 2.15. The Labute approximate surface area is 88.4 Å². The molecule has 0 saturated heterocycles. The van der Waals surface area contributed by atoms with E-state index < -0.39 is 0 Å². The van der Waals surface area contributed by atoms with E-state index in [9.17, 15) is 0 Å². The summed E-state index contributed by atoms with van der Waals surface area (Å²) in [6, 6.07) is -0.0302. The highest BCUT2D eigenvalue weighted by Gasteiger charge is 2.00. The first-order chi connectivity index (χ1) is 6.20. The van der Waals surface area contributed by atoms with Gasteiger partial charge in [0.05, 0.1) is 0 Å². The molecule has 0 rings (SSSR count). The highest BCUT2D eigenvalue weighted by molar-refractivity contribution is 8.07. The molecule has 5 heteroatoms. The van der Waals surface area contributed by atoms with Gasteiger partial charge in [0.15, 0.2) is 0 Å². The van der Waals surface area contributed by atoms with Crippen LogP contribution < -0.4 is 11.5 Å². The number of hydrogen-bond donors (Lipinski definition) is 2. The Morgan fingerprint density at radius 3 is 1.77 bits per heavy atom. The van der Waals surface area contributed by atoms with Crippen LogP contribution in [0.1, 0.15) is 0 Å². The van der Waals surface area contributed by atoms with Gasteiger partial charge in [0, 0.05) is 47.7 Å². The minimum atomic E-state index is -0.0151. The fraction of sp³-hybridized carbons (Fsp3) is 0.500. The van der Waals surface area contributed by atoms with Crippen molar-refractivity contribution in [2.45, 2.75) is 12.1 Å². The number of rotatable bonds is 8. The lowest BCUT2D eigenvalue weighted by atomic mass is 10.4. The predicted molar refractivity (Wildman–Crippen MR) is 62.3 cm³/mol. The lowest BCUT2D eigenvalue weighted by Gasteiger charge is -2.06. The molecule has 0 fully saturated rings. The molecule has 2 atom stereocenters. The second-order valence-corrected chi connectivity index (χ2v) is 4.12. The summed E-state index contributed by atoms with van der Waals surface area (Å²) in [5.41, 5.74) is 11.1. The molecule has 0 aromatic carbocycles. The molecule has 3 nitrogen and oxygen atoms in total. The van der Waals surface area contributed by atoms with E-state index in [0.717, 1.165) is 0 Å². The van der Waals surface area contributed by atoms with Crippen molar-refractivity contribution in [3.8, 4) is 0 Å². The van der Waals surface area contributed by atoms with Crippen molar-refractivity contribution in [3.63, 3.8) is 0 Å². The van der Waals surface area contributed by atoms with Crippen LogP contribution in [0.3, 0.4) is 0 Å². The Morgan fingerprint density at radius 2 is 1.46 bits per heavy atom. The second kappa shape index (κ2) is 8.65. The summed E-state index contributed by atoms with van der Waals surface area (Å²) in [7, 11) is 0. The van der Waals surface area contributed by atoms with Gasteiger partial charge in [0.25, 0.3) is 0 Å². The minimum Gasteiger partial charge on any atom is -0.324 e. The molecule has 76 valence electrons. The van der Waals surface area contributed by atoms with Gasteiger partial charge >= 0.3 is 0 Å². The Balaban J connectivity index is 3.16.